The molecule has 1 N–H and O–H groups in total. The summed E-state index contributed by atoms with van der Waals surface area (Å²) in [5.74, 6) is 2.72. The van der Waals surface area contributed by atoms with Crippen molar-refractivity contribution in [2.45, 2.75) is 45.1 Å². The van der Waals surface area contributed by atoms with Gasteiger partial charge in [-0.2, -0.15) is 0 Å². The van der Waals surface area contributed by atoms with Crippen molar-refractivity contribution in [1.82, 2.24) is 5.32 Å². The Balaban J connectivity index is 2.19. The van der Waals surface area contributed by atoms with Gasteiger partial charge >= 0.3 is 0 Å². The molecule has 0 radical (unpaired) electrons. The molecule has 0 aliphatic carbocycles. The molecule has 0 saturated carbocycles. The van der Waals surface area contributed by atoms with Gasteiger partial charge in [-0.3, -0.25) is 0 Å². The summed E-state index contributed by atoms with van der Waals surface area (Å²) in [6.45, 7) is 3.19. The van der Waals surface area contributed by atoms with Gasteiger partial charge in [0.25, 0.3) is 0 Å². The van der Waals surface area contributed by atoms with Gasteiger partial charge in [0.2, 0.25) is 0 Å². The topological polar surface area (TPSA) is 12.0 Å². The highest BCUT2D eigenvalue weighted by Gasteiger charge is 2.06. The van der Waals surface area contributed by atoms with Gasteiger partial charge in [0.15, 0.2) is 0 Å². The maximum Gasteiger partial charge on any atom is 0.0101 e. The predicted octanol–water partition coefficient (Wildman–Crippen LogP) is 3.46. The molecule has 1 heterocycles. The van der Waals surface area contributed by atoms with Crippen molar-refractivity contribution in [3.8, 4) is 12.3 Å². The highest BCUT2D eigenvalue weighted by molar-refractivity contribution is 7.09. The molecule has 0 saturated heterocycles. The summed E-state index contributed by atoms with van der Waals surface area (Å²) in [5, 5.41) is 5.65. The molecular formula is C14H21NS. The van der Waals surface area contributed by atoms with Crippen molar-refractivity contribution in [1.29, 1.82) is 0 Å². The van der Waals surface area contributed by atoms with Crippen molar-refractivity contribution >= 4 is 11.3 Å². The van der Waals surface area contributed by atoms with Crippen molar-refractivity contribution in [3.63, 3.8) is 0 Å². The summed E-state index contributed by atoms with van der Waals surface area (Å²) in [7, 11) is 0. The third-order valence-electron chi connectivity index (χ3n) is 2.69. The summed E-state index contributed by atoms with van der Waals surface area (Å²) < 4.78 is 0. The van der Waals surface area contributed by atoms with Crippen LogP contribution in [0.25, 0.3) is 0 Å². The van der Waals surface area contributed by atoms with Gasteiger partial charge in [-0.15, -0.1) is 23.7 Å². The molecule has 2 heteroatoms. The number of hydrogen-bond acceptors (Lipinski definition) is 2. The quantitative estimate of drug-likeness (QED) is 0.680. The Morgan fingerprint density at radius 2 is 2.38 bits per heavy atom. The van der Waals surface area contributed by atoms with E-state index >= 15 is 0 Å². The van der Waals surface area contributed by atoms with Gasteiger partial charge in [-0.05, 0) is 43.7 Å². The molecule has 1 atom stereocenters. The van der Waals surface area contributed by atoms with E-state index < -0.39 is 0 Å². The van der Waals surface area contributed by atoms with Crippen molar-refractivity contribution in [2.75, 3.05) is 6.54 Å². The second-order valence-corrected chi connectivity index (χ2v) is 5.00. The molecule has 88 valence electrons. The smallest absolute Gasteiger partial charge is 0.0101 e. The lowest BCUT2D eigenvalue weighted by atomic mass is 10.0. The summed E-state index contributed by atoms with van der Waals surface area (Å²) in [4.78, 5) is 1.49. The lowest BCUT2D eigenvalue weighted by Gasteiger charge is -2.16. The van der Waals surface area contributed by atoms with E-state index in [2.05, 4.69) is 35.7 Å². The molecule has 0 fully saturated rings. The average Bonchev–Trinajstić information content (AvgIpc) is 2.79. The molecule has 0 spiro atoms. The van der Waals surface area contributed by atoms with E-state index in [0.29, 0.717) is 6.04 Å². The van der Waals surface area contributed by atoms with Crippen LogP contribution in [0.3, 0.4) is 0 Å². The maximum absolute atomic E-state index is 5.30. The second-order valence-electron chi connectivity index (χ2n) is 3.97. The number of terminal acetylenes is 1. The largest absolute Gasteiger partial charge is 0.314 e. The molecule has 1 rings (SSSR count). The fourth-order valence-electron chi connectivity index (χ4n) is 1.87. The van der Waals surface area contributed by atoms with Gasteiger partial charge in [-0.1, -0.05) is 13.0 Å². The minimum absolute atomic E-state index is 0.598. The molecule has 16 heavy (non-hydrogen) atoms. The first kappa shape index (κ1) is 13.3. The van der Waals surface area contributed by atoms with Gasteiger partial charge in [0, 0.05) is 17.3 Å². The zero-order valence-electron chi connectivity index (χ0n) is 10.0. The molecule has 0 aromatic carbocycles. The monoisotopic (exact) mass is 235 g/mol. The summed E-state index contributed by atoms with van der Waals surface area (Å²) in [6, 6.07) is 4.94. The van der Waals surface area contributed by atoms with Crippen molar-refractivity contribution in [3.05, 3.63) is 22.4 Å². The predicted molar refractivity (Wildman–Crippen MR) is 72.8 cm³/mol. The van der Waals surface area contributed by atoms with Gasteiger partial charge in [0.1, 0.15) is 0 Å². The molecule has 0 bridgehead atoms. The van der Waals surface area contributed by atoms with Gasteiger partial charge < -0.3 is 5.32 Å². The first-order valence-corrected chi connectivity index (χ1v) is 6.94. The molecule has 1 nitrogen and oxygen atoms in total. The summed E-state index contributed by atoms with van der Waals surface area (Å²) in [5.41, 5.74) is 0. The highest BCUT2D eigenvalue weighted by Crippen LogP contribution is 2.14. The molecule has 1 aromatic rings. The Morgan fingerprint density at radius 1 is 1.50 bits per heavy atom. The van der Waals surface area contributed by atoms with Gasteiger partial charge in [-0.25, -0.2) is 0 Å². The molecule has 0 amide bonds. The van der Waals surface area contributed by atoms with E-state index in [4.69, 9.17) is 6.42 Å². The average molecular weight is 235 g/mol. The van der Waals surface area contributed by atoms with Crippen LogP contribution in [-0.4, -0.2) is 12.6 Å². The van der Waals surface area contributed by atoms with Crippen molar-refractivity contribution < 1.29 is 0 Å². The molecule has 0 aliphatic rings. The third kappa shape index (κ3) is 5.34. The Morgan fingerprint density at radius 3 is 3.00 bits per heavy atom. The standard InChI is InChI=1S/C14H21NS/c1-3-5-8-13(15-4-2)9-6-10-14-11-7-12-16-14/h1,7,11-13,15H,4-6,8-10H2,2H3. The summed E-state index contributed by atoms with van der Waals surface area (Å²) >= 11 is 1.85. The molecular weight excluding hydrogens is 214 g/mol. The fourth-order valence-corrected chi connectivity index (χ4v) is 2.62. The van der Waals surface area contributed by atoms with Crippen LogP contribution in [0.4, 0.5) is 0 Å². The maximum atomic E-state index is 5.30. The van der Waals surface area contributed by atoms with E-state index in [1.165, 1.54) is 24.1 Å². The third-order valence-corrected chi connectivity index (χ3v) is 3.62. The zero-order valence-corrected chi connectivity index (χ0v) is 10.9. The van der Waals surface area contributed by atoms with Crippen LogP contribution in [0.2, 0.25) is 0 Å². The van der Waals surface area contributed by atoms with Crippen LogP contribution in [0.15, 0.2) is 17.5 Å². The SMILES string of the molecule is C#CCCC(CCCc1cccs1)NCC. The zero-order chi connectivity index (χ0) is 11.6. The molecule has 0 aliphatic heterocycles. The number of thiophene rings is 1. The fraction of sp³-hybridized carbons (Fsp3) is 0.571. The summed E-state index contributed by atoms with van der Waals surface area (Å²) in [6.07, 6.45) is 11.0. The van der Waals surface area contributed by atoms with E-state index in [1.807, 2.05) is 11.3 Å². The minimum Gasteiger partial charge on any atom is -0.314 e. The van der Waals surface area contributed by atoms with E-state index in [0.717, 1.165) is 19.4 Å². The minimum atomic E-state index is 0.598. The first-order chi connectivity index (χ1) is 7.86. The van der Waals surface area contributed by atoms with Crippen LogP contribution in [0, 0.1) is 12.3 Å². The normalized spacial score (nSPS) is 12.2. The number of rotatable bonds is 8. The Kier molecular flexibility index (Phi) is 6.96. The van der Waals surface area contributed by atoms with Crippen molar-refractivity contribution in [2.24, 2.45) is 0 Å². The Labute approximate surface area is 103 Å². The van der Waals surface area contributed by atoms with E-state index in [-0.39, 0.29) is 0 Å². The van der Waals surface area contributed by atoms with Crippen LogP contribution in [0.1, 0.15) is 37.5 Å². The Hall–Kier alpha value is -0.780. The lowest BCUT2D eigenvalue weighted by molar-refractivity contribution is 0.457. The van der Waals surface area contributed by atoms with E-state index in [1.54, 1.807) is 0 Å². The lowest BCUT2D eigenvalue weighted by Crippen LogP contribution is -2.28. The number of hydrogen-bond donors (Lipinski definition) is 1. The highest BCUT2D eigenvalue weighted by atomic mass is 32.1. The number of nitrogens with one attached hydrogen (secondary N) is 1. The first-order valence-electron chi connectivity index (χ1n) is 6.06. The van der Waals surface area contributed by atoms with Gasteiger partial charge in [0.05, 0.1) is 0 Å². The van der Waals surface area contributed by atoms with Crippen LogP contribution >= 0.6 is 11.3 Å². The second kappa shape index (κ2) is 8.38. The van der Waals surface area contributed by atoms with Crippen LogP contribution < -0.4 is 5.32 Å². The van der Waals surface area contributed by atoms with E-state index in [9.17, 15) is 0 Å². The molecule has 1 unspecified atom stereocenters. The number of aryl methyl sites for hydroxylation is 1. The Bertz CT molecular complexity index is 297. The van der Waals surface area contributed by atoms with Crippen LogP contribution in [-0.2, 0) is 6.42 Å². The van der Waals surface area contributed by atoms with Crippen LogP contribution in [0.5, 0.6) is 0 Å². The molecule has 1 aromatic heterocycles.